The first-order valence-electron chi connectivity index (χ1n) is 9.46. The normalized spacial score (nSPS) is 16.5. The van der Waals surface area contributed by atoms with Gasteiger partial charge in [-0.05, 0) is 45.4 Å². The van der Waals surface area contributed by atoms with Crippen molar-refractivity contribution in [1.82, 2.24) is 5.48 Å². The summed E-state index contributed by atoms with van der Waals surface area (Å²) in [7, 11) is 1.40. The van der Waals surface area contributed by atoms with Gasteiger partial charge < -0.3 is 14.3 Å². The summed E-state index contributed by atoms with van der Waals surface area (Å²) >= 11 is 0. The number of nitrogens with one attached hydrogen (secondary N) is 1. The van der Waals surface area contributed by atoms with Crippen LogP contribution in [0.4, 0.5) is 4.79 Å². The van der Waals surface area contributed by atoms with Gasteiger partial charge in [-0.1, -0.05) is 32.1 Å². The molecule has 1 aliphatic carbocycles. The molecule has 0 spiro atoms. The van der Waals surface area contributed by atoms with Gasteiger partial charge in [0.05, 0.1) is 7.11 Å². The van der Waals surface area contributed by atoms with Crippen LogP contribution in [0.2, 0.25) is 0 Å². The molecule has 1 amide bonds. The molecule has 1 atom stereocenters. The Kier molecular flexibility index (Phi) is 9.44. The van der Waals surface area contributed by atoms with E-state index in [0.29, 0.717) is 18.8 Å². The first-order chi connectivity index (χ1) is 12.2. The molecule has 0 bridgehead atoms. The van der Waals surface area contributed by atoms with Crippen molar-refractivity contribution in [2.45, 2.75) is 84.2 Å². The van der Waals surface area contributed by atoms with Crippen molar-refractivity contribution in [2.24, 2.45) is 11.8 Å². The zero-order chi connectivity index (χ0) is 19.6. The van der Waals surface area contributed by atoms with Gasteiger partial charge >= 0.3 is 18.0 Å². The van der Waals surface area contributed by atoms with Gasteiger partial charge in [0.25, 0.3) is 0 Å². The second-order valence-electron chi connectivity index (χ2n) is 7.91. The van der Waals surface area contributed by atoms with E-state index < -0.39 is 17.7 Å². The van der Waals surface area contributed by atoms with E-state index >= 15 is 0 Å². The van der Waals surface area contributed by atoms with Gasteiger partial charge in [0.15, 0.2) is 0 Å². The largest absolute Gasteiger partial charge is 0.469 e. The summed E-state index contributed by atoms with van der Waals surface area (Å²) in [5.74, 6) is 0.0270. The van der Waals surface area contributed by atoms with E-state index in [9.17, 15) is 14.4 Å². The van der Waals surface area contributed by atoms with E-state index in [1.165, 1.54) is 26.4 Å². The molecular weight excluding hydrogens is 338 g/mol. The van der Waals surface area contributed by atoms with Crippen molar-refractivity contribution in [2.75, 3.05) is 7.11 Å². The van der Waals surface area contributed by atoms with Crippen molar-refractivity contribution >= 4 is 18.0 Å². The van der Waals surface area contributed by atoms with E-state index in [1.54, 1.807) is 20.8 Å². The minimum atomic E-state index is -0.795. The van der Waals surface area contributed by atoms with Crippen LogP contribution < -0.4 is 5.48 Å². The van der Waals surface area contributed by atoms with E-state index in [0.717, 1.165) is 19.3 Å². The monoisotopic (exact) mass is 371 g/mol. The smallest absolute Gasteiger partial charge is 0.441 e. The van der Waals surface area contributed by atoms with Crippen LogP contribution in [0.5, 0.6) is 0 Å². The Balaban J connectivity index is 2.34. The molecule has 0 aromatic heterocycles. The highest BCUT2D eigenvalue weighted by molar-refractivity contribution is 5.73. The molecule has 7 nitrogen and oxygen atoms in total. The first-order valence-corrected chi connectivity index (χ1v) is 9.46. The fraction of sp³-hybridized carbons (Fsp3) is 0.842. The highest BCUT2D eigenvalue weighted by Crippen LogP contribution is 2.34. The number of hydrogen-bond donors (Lipinski definition) is 1. The molecule has 1 rings (SSSR count). The predicted octanol–water partition coefficient (Wildman–Crippen LogP) is 3.90. The molecule has 150 valence electrons. The number of amides is 1. The summed E-state index contributed by atoms with van der Waals surface area (Å²) in [6.45, 7) is 5.17. The molecule has 7 heteroatoms. The number of methoxy groups -OCH3 is 1. The van der Waals surface area contributed by atoms with Crippen LogP contribution >= 0.6 is 0 Å². The lowest BCUT2D eigenvalue weighted by Crippen LogP contribution is -2.34. The number of rotatable bonds is 7. The van der Waals surface area contributed by atoms with E-state index in [-0.39, 0.29) is 18.3 Å². The second kappa shape index (κ2) is 11.0. The van der Waals surface area contributed by atoms with Crippen LogP contribution in [0.15, 0.2) is 0 Å². The van der Waals surface area contributed by atoms with Gasteiger partial charge in [-0.15, -0.1) is 5.48 Å². The summed E-state index contributed by atoms with van der Waals surface area (Å²) in [6, 6.07) is 0. The minimum absolute atomic E-state index is 0.181. The molecule has 1 aliphatic rings. The Labute approximate surface area is 156 Å². The van der Waals surface area contributed by atoms with Gasteiger partial charge in [0, 0.05) is 12.8 Å². The Morgan fingerprint density at radius 3 is 2.31 bits per heavy atom. The van der Waals surface area contributed by atoms with E-state index in [2.05, 4.69) is 0 Å². The number of ether oxygens (including phenoxy) is 2. The summed E-state index contributed by atoms with van der Waals surface area (Å²) in [6.07, 6.45) is 7.06. The summed E-state index contributed by atoms with van der Waals surface area (Å²) in [5, 5.41) is 0. The van der Waals surface area contributed by atoms with E-state index in [4.69, 9.17) is 14.3 Å². The van der Waals surface area contributed by atoms with Gasteiger partial charge in [-0.25, -0.2) is 9.59 Å². The summed E-state index contributed by atoms with van der Waals surface area (Å²) in [4.78, 5) is 39.6. The second-order valence-corrected chi connectivity index (χ2v) is 7.91. The molecule has 1 N–H and O–H groups in total. The number of hydroxylamine groups is 1. The van der Waals surface area contributed by atoms with Gasteiger partial charge in [-0.2, -0.15) is 0 Å². The molecule has 1 fully saturated rings. The molecule has 1 unspecified atom stereocenters. The van der Waals surface area contributed by atoms with E-state index in [1.807, 2.05) is 5.48 Å². The summed E-state index contributed by atoms with van der Waals surface area (Å²) in [5.41, 5.74) is 1.34. The average molecular weight is 371 g/mol. The molecule has 0 heterocycles. The van der Waals surface area contributed by atoms with Crippen LogP contribution in [-0.2, 0) is 23.9 Å². The fourth-order valence-corrected chi connectivity index (χ4v) is 3.36. The third-order valence-electron chi connectivity index (χ3n) is 4.58. The average Bonchev–Trinajstić information content (AvgIpc) is 2.58. The molecule has 0 aliphatic heterocycles. The zero-order valence-electron chi connectivity index (χ0n) is 16.5. The lowest BCUT2D eigenvalue weighted by atomic mass is 9.76. The van der Waals surface area contributed by atoms with Crippen LogP contribution in [0, 0.1) is 11.8 Å². The Morgan fingerprint density at radius 1 is 1.08 bits per heavy atom. The fourth-order valence-electron chi connectivity index (χ4n) is 3.36. The maximum absolute atomic E-state index is 11.8. The SMILES string of the molecule is COC(=O)CC(CCCC(=O)ONC(=O)OC(C)(C)C)C1CCCCC1. The molecule has 0 radical (unpaired) electrons. The standard InChI is InChI=1S/C19H33NO6/c1-19(2,3)25-18(23)20-26-16(21)12-8-11-15(13-17(22)24-4)14-9-6-5-7-10-14/h14-15H,5-13H2,1-4H3,(H,20,23). The maximum Gasteiger partial charge on any atom is 0.441 e. The maximum atomic E-state index is 11.8. The lowest BCUT2D eigenvalue weighted by molar-refractivity contribution is -0.150. The lowest BCUT2D eigenvalue weighted by Gasteiger charge is -2.29. The third-order valence-corrected chi connectivity index (χ3v) is 4.58. The van der Waals surface area contributed by atoms with Crippen molar-refractivity contribution in [3.63, 3.8) is 0 Å². The highest BCUT2D eigenvalue weighted by Gasteiger charge is 2.26. The summed E-state index contributed by atoms with van der Waals surface area (Å²) < 4.78 is 9.80. The highest BCUT2D eigenvalue weighted by atomic mass is 16.7. The van der Waals surface area contributed by atoms with Crippen LogP contribution in [0.1, 0.15) is 78.6 Å². The van der Waals surface area contributed by atoms with Crippen LogP contribution in [0.3, 0.4) is 0 Å². The van der Waals surface area contributed by atoms with Crippen molar-refractivity contribution < 1.29 is 28.7 Å². The van der Waals surface area contributed by atoms with Crippen molar-refractivity contribution in [3.8, 4) is 0 Å². The van der Waals surface area contributed by atoms with Crippen molar-refractivity contribution in [1.29, 1.82) is 0 Å². The molecular formula is C19H33NO6. The van der Waals surface area contributed by atoms with Gasteiger partial charge in [-0.3, -0.25) is 4.79 Å². The van der Waals surface area contributed by atoms with Crippen LogP contribution in [-0.4, -0.2) is 30.7 Å². The zero-order valence-corrected chi connectivity index (χ0v) is 16.5. The Morgan fingerprint density at radius 2 is 1.73 bits per heavy atom. The molecule has 0 aromatic rings. The number of carbonyl (C=O) groups is 3. The Bertz CT molecular complexity index is 465. The minimum Gasteiger partial charge on any atom is -0.469 e. The molecule has 26 heavy (non-hydrogen) atoms. The quantitative estimate of drug-likeness (QED) is 0.415. The molecule has 1 saturated carbocycles. The first kappa shape index (κ1) is 22.3. The molecule has 0 saturated heterocycles. The molecule has 0 aromatic carbocycles. The van der Waals surface area contributed by atoms with Crippen molar-refractivity contribution in [3.05, 3.63) is 0 Å². The number of hydrogen-bond acceptors (Lipinski definition) is 6. The Hall–Kier alpha value is -1.79. The number of esters is 1. The van der Waals surface area contributed by atoms with Gasteiger partial charge in [0.1, 0.15) is 5.60 Å². The topological polar surface area (TPSA) is 90.9 Å². The predicted molar refractivity (Wildman–Crippen MR) is 96.0 cm³/mol. The van der Waals surface area contributed by atoms with Crippen LogP contribution in [0.25, 0.3) is 0 Å². The third kappa shape index (κ3) is 9.63. The van der Waals surface area contributed by atoms with Gasteiger partial charge in [0.2, 0.25) is 0 Å². The number of carbonyl (C=O) groups excluding carboxylic acids is 3.